The molecule has 0 spiro atoms. The largest absolute Gasteiger partial charge is 0.491 e. The van der Waals surface area contributed by atoms with Crippen molar-refractivity contribution in [1.29, 1.82) is 0 Å². The molecule has 0 bridgehead atoms. The third-order valence-corrected chi connectivity index (χ3v) is 4.93. The first kappa shape index (κ1) is 18.5. The second kappa shape index (κ2) is 7.92. The quantitative estimate of drug-likeness (QED) is 0.659. The minimum absolute atomic E-state index is 0.278. The molecule has 138 valence electrons. The van der Waals surface area contributed by atoms with Crippen molar-refractivity contribution < 1.29 is 14.4 Å². The number of aliphatic hydroxyl groups is 1. The topological polar surface area (TPSA) is 38.3 Å². The first-order chi connectivity index (χ1) is 12.5. The molecule has 4 heteroatoms. The van der Waals surface area contributed by atoms with Crippen molar-refractivity contribution in [3.05, 3.63) is 59.9 Å². The molecular formula is C22H29N2O2+. The summed E-state index contributed by atoms with van der Waals surface area (Å²) in [5, 5.41) is 10.5. The van der Waals surface area contributed by atoms with E-state index in [-0.39, 0.29) is 6.61 Å². The molecule has 4 nitrogen and oxygen atoms in total. The molecule has 0 radical (unpaired) electrons. The van der Waals surface area contributed by atoms with Crippen LogP contribution < -0.4 is 9.30 Å². The number of ether oxygens (including phenoxy) is 1. The lowest BCUT2D eigenvalue weighted by atomic mass is 10.0. The number of fused-ring (bicyclic) bond motifs is 1. The predicted octanol–water partition coefficient (Wildman–Crippen LogP) is 3.59. The van der Waals surface area contributed by atoms with E-state index in [4.69, 9.17) is 4.74 Å². The lowest BCUT2D eigenvalue weighted by molar-refractivity contribution is -0.653. The van der Waals surface area contributed by atoms with Gasteiger partial charge in [0, 0.05) is 6.42 Å². The molecule has 0 aliphatic heterocycles. The molecule has 0 unspecified atom stereocenters. The number of imidazole rings is 1. The molecule has 1 N–H and O–H groups in total. The summed E-state index contributed by atoms with van der Waals surface area (Å²) in [6.07, 6.45) is 0.343. The van der Waals surface area contributed by atoms with Crippen LogP contribution in [0.4, 0.5) is 0 Å². The van der Waals surface area contributed by atoms with Gasteiger partial charge in [0.15, 0.2) is 11.0 Å². The SMILES string of the molecule is CCc1n(C[C@@H](O)COc2ccc(C(C)C)cc2)c2ccccc2[n+]1C. The van der Waals surface area contributed by atoms with Gasteiger partial charge in [0.05, 0.1) is 7.05 Å². The summed E-state index contributed by atoms with van der Waals surface area (Å²) in [6, 6.07) is 16.4. The van der Waals surface area contributed by atoms with Gasteiger partial charge in [0.25, 0.3) is 5.82 Å². The zero-order chi connectivity index (χ0) is 18.7. The number of hydrogen-bond donors (Lipinski definition) is 1. The van der Waals surface area contributed by atoms with Crippen LogP contribution in [0.5, 0.6) is 5.75 Å². The Bertz CT molecular complexity index is 866. The lowest BCUT2D eigenvalue weighted by Gasteiger charge is -2.13. The molecule has 1 aromatic heterocycles. The maximum absolute atomic E-state index is 10.5. The number of hydrogen-bond acceptors (Lipinski definition) is 2. The Hall–Kier alpha value is -2.33. The molecule has 1 atom stereocenters. The van der Waals surface area contributed by atoms with Gasteiger partial charge in [-0.25, -0.2) is 9.13 Å². The molecular weight excluding hydrogens is 324 g/mol. The van der Waals surface area contributed by atoms with Crippen LogP contribution in [0.3, 0.4) is 0 Å². The molecule has 0 amide bonds. The number of aryl methyl sites for hydroxylation is 1. The minimum Gasteiger partial charge on any atom is -0.491 e. The second-order valence-electron chi connectivity index (χ2n) is 7.12. The van der Waals surface area contributed by atoms with E-state index in [1.54, 1.807) is 0 Å². The van der Waals surface area contributed by atoms with Crippen molar-refractivity contribution in [3.63, 3.8) is 0 Å². The number of aromatic nitrogens is 2. The molecule has 0 aliphatic rings. The number of nitrogens with zero attached hydrogens (tertiary/aromatic N) is 2. The van der Waals surface area contributed by atoms with E-state index in [1.165, 1.54) is 16.9 Å². The highest BCUT2D eigenvalue weighted by Crippen LogP contribution is 2.19. The fourth-order valence-electron chi connectivity index (χ4n) is 3.47. The monoisotopic (exact) mass is 353 g/mol. The summed E-state index contributed by atoms with van der Waals surface area (Å²) in [4.78, 5) is 0. The van der Waals surface area contributed by atoms with Crippen molar-refractivity contribution in [1.82, 2.24) is 4.57 Å². The average Bonchev–Trinajstić information content (AvgIpc) is 2.92. The highest BCUT2D eigenvalue weighted by atomic mass is 16.5. The standard InChI is InChI=1S/C22H29N2O2/c1-5-22-23(4)20-8-6-7-9-21(20)24(22)14-18(25)15-26-19-12-10-17(11-13-19)16(2)3/h6-13,16,18,25H,5,14-15H2,1-4H3/q+1/t18-/m1/s1. The Morgan fingerprint density at radius 1 is 1.08 bits per heavy atom. The molecule has 0 aliphatic carbocycles. The van der Waals surface area contributed by atoms with E-state index in [9.17, 15) is 5.11 Å². The van der Waals surface area contributed by atoms with Crippen LogP contribution >= 0.6 is 0 Å². The first-order valence-corrected chi connectivity index (χ1v) is 9.38. The summed E-state index contributed by atoms with van der Waals surface area (Å²) >= 11 is 0. The maximum Gasteiger partial charge on any atom is 0.256 e. The number of benzene rings is 2. The van der Waals surface area contributed by atoms with Gasteiger partial charge >= 0.3 is 0 Å². The molecule has 0 fully saturated rings. The Kier molecular flexibility index (Phi) is 5.62. The van der Waals surface area contributed by atoms with Crippen molar-refractivity contribution in [2.24, 2.45) is 7.05 Å². The Balaban J connectivity index is 1.70. The Labute approximate surface area is 155 Å². The van der Waals surface area contributed by atoms with E-state index < -0.39 is 6.10 Å². The fourth-order valence-corrected chi connectivity index (χ4v) is 3.47. The van der Waals surface area contributed by atoms with Crippen LogP contribution in [0.25, 0.3) is 11.0 Å². The van der Waals surface area contributed by atoms with Gasteiger partial charge in [-0.3, -0.25) is 0 Å². The molecule has 1 heterocycles. The average molecular weight is 353 g/mol. The summed E-state index contributed by atoms with van der Waals surface area (Å²) in [7, 11) is 2.08. The molecule has 0 saturated carbocycles. The van der Waals surface area contributed by atoms with Crippen LogP contribution in [0.1, 0.15) is 38.1 Å². The summed E-state index contributed by atoms with van der Waals surface area (Å²) < 4.78 is 10.2. The van der Waals surface area contributed by atoms with E-state index in [0.717, 1.165) is 17.7 Å². The van der Waals surface area contributed by atoms with Crippen LogP contribution in [0.15, 0.2) is 48.5 Å². The normalized spacial score (nSPS) is 12.7. The Morgan fingerprint density at radius 3 is 2.42 bits per heavy atom. The number of rotatable bonds is 7. The number of aliphatic hydroxyl groups excluding tert-OH is 1. The van der Waals surface area contributed by atoms with Crippen molar-refractivity contribution >= 4 is 11.0 Å². The second-order valence-corrected chi connectivity index (χ2v) is 7.12. The van der Waals surface area contributed by atoms with Gasteiger partial charge in [-0.05, 0) is 35.7 Å². The zero-order valence-electron chi connectivity index (χ0n) is 16.1. The molecule has 3 rings (SSSR count). The minimum atomic E-state index is -0.569. The van der Waals surface area contributed by atoms with Gasteiger partial charge in [0.1, 0.15) is 25.0 Å². The third kappa shape index (κ3) is 3.75. The van der Waals surface area contributed by atoms with Crippen LogP contribution in [-0.2, 0) is 20.0 Å². The van der Waals surface area contributed by atoms with Crippen LogP contribution in [0.2, 0.25) is 0 Å². The number of para-hydroxylation sites is 2. The highest BCUT2D eigenvalue weighted by molar-refractivity contribution is 5.72. The van der Waals surface area contributed by atoms with Crippen LogP contribution in [-0.4, -0.2) is 22.4 Å². The summed E-state index contributed by atoms with van der Waals surface area (Å²) in [5.41, 5.74) is 3.62. The van der Waals surface area contributed by atoms with Gasteiger partial charge in [-0.1, -0.05) is 45.0 Å². The van der Waals surface area contributed by atoms with Crippen molar-refractivity contribution in [2.75, 3.05) is 6.61 Å². The maximum atomic E-state index is 10.5. The highest BCUT2D eigenvalue weighted by Gasteiger charge is 2.23. The Morgan fingerprint density at radius 2 is 1.77 bits per heavy atom. The smallest absolute Gasteiger partial charge is 0.256 e. The third-order valence-electron chi connectivity index (χ3n) is 4.93. The van der Waals surface area contributed by atoms with E-state index in [2.05, 4.69) is 61.2 Å². The van der Waals surface area contributed by atoms with E-state index in [0.29, 0.717) is 12.5 Å². The zero-order valence-corrected chi connectivity index (χ0v) is 16.1. The van der Waals surface area contributed by atoms with Gasteiger partial charge in [0.2, 0.25) is 0 Å². The molecule has 3 aromatic rings. The first-order valence-electron chi connectivity index (χ1n) is 9.38. The van der Waals surface area contributed by atoms with Crippen LogP contribution in [0, 0.1) is 0 Å². The molecule has 0 saturated heterocycles. The van der Waals surface area contributed by atoms with Gasteiger partial charge < -0.3 is 9.84 Å². The molecule has 2 aromatic carbocycles. The summed E-state index contributed by atoms with van der Waals surface area (Å²) in [5.74, 6) is 2.50. The van der Waals surface area contributed by atoms with Gasteiger partial charge in [-0.2, -0.15) is 0 Å². The summed E-state index contributed by atoms with van der Waals surface area (Å²) in [6.45, 7) is 7.29. The molecule has 26 heavy (non-hydrogen) atoms. The van der Waals surface area contributed by atoms with Gasteiger partial charge in [-0.15, -0.1) is 0 Å². The van der Waals surface area contributed by atoms with E-state index in [1.807, 2.05) is 24.3 Å². The predicted molar refractivity (Wildman–Crippen MR) is 105 cm³/mol. The van der Waals surface area contributed by atoms with Crippen molar-refractivity contribution in [3.8, 4) is 5.75 Å². The fraction of sp³-hybridized carbons (Fsp3) is 0.409. The van der Waals surface area contributed by atoms with E-state index >= 15 is 0 Å². The van der Waals surface area contributed by atoms with Crippen molar-refractivity contribution in [2.45, 2.75) is 45.8 Å². The lowest BCUT2D eigenvalue weighted by Crippen LogP contribution is -2.34.